The minimum atomic E-state index is -0.277. The van der Waals surface area contributed by atoms with Crippen LogP contribution in [-0.4, -0.2) is 11.6 Å². The highest BCUT2D eigenvalue weighted by Crippen LogP contribution is 2.21. The number of nitrogens with one attached hydrogen (secondary N) is 2. The molecule has 0 aliphatic carbocycles. The molecule has 0 saturated heterocycles. The largest absolute Gasteiger partial charge is 0.322 e. The number of carbonyl (C=O) groups excluding carboxylic acids is 1. The first-order valence-corrected chi connectivity index (χ1v) is 7.16. The van der Waals surface area contributed by atoms with Gasteiger partial charge in [-0.15, -0.1) is 0 Å². The standard InChI is InChI=1S/C18H15N5O/c1-12-3-6-14(7-4-12)18(24)21-17-9-15(8-5-13(17)2)22-23-16(10-19)11-20/h3-9,22H,1-2H3,(H,21,24). The third kappa shape index (κ3) is 4.19. The van der Waals surface area contributed by atoms with Crippen LogP contribution in [0.4, 0.5) is 11.4 Å². The Bertz CT molecular complexity index is 854. The zero-order valence-corrected chi connectivity index (χ0v) is 13.3. The second kappa shape index (κ2) is 7.57. The molecule has 0 aliphatic heterocycles. The van der Waals surface area contributed by atoms with Gasteiger partial charge in [0.25, 0.3) is 5.91 Å². The summed E-state index contributed by atoms with van der Waals surface area (Å²) in [4.78, 5) is 12.3. The first kappa shape index (κ1) is 16.7. The Hall–Kier alpha value is -3.64. The summed E-state index contributed by atoms with van der Waals surface area (Å²) >= 11 is 0. The molecule has 0 aliphatic rings. The fourth-order valence-corrected chi connectivity index (χ4v) is 1.92. The normalized spacial score (nSPS) is 9.33. The molecule has 118 valence electrons. The van der Waals surface area contributed by atoms with E-state index in [0.29, 0.717) is 16.9 Å². The SMILES string of the molecule is Cc1ccc(C(=O)Nc2cc(NN=C(C#N)C#N)ccc2C)cc1. The lowest BCUT2D eigenvalue weighted by Gasteiger charge is -2.10. The number of hydrazone groups is 1. The molecule has 2 aromatic carbocycles. The highest BCUT2D eigenvalue weighted by Gasteiger charge is 2.08. The molecule has 2 rings (SSSR count). The van der Waals surface area contributed by atoms with E-state index in [1.165, 1.54) is 0 Å². The summed E-state index contributed by atoms with van der Waals surface area (Å²) < 4.78 is 0. The molecule has 0 spiro atoms. The summed E-state index contributed by atoms with van der Waals surface area (Å²) in [5.41, 5.74) is 6.05. The lowest BCUT2D eigenvalue weighted by molar-refractivity contribution is 0.102. The third-order valence-corrected chi connectivity index (χ3v) is 3.31. The summed E-state index contributed by atoms with van der Waals surface area (Å²) in [6.45, 7) is 3.83. The number of anilines is 2. The summed E-state index contributed by atoms with van der Waals surface area (Å²) in [7, 11) is 0. The second-order valence-corrected chi connectivity index (χ2v) is 5.15. The van der Waals surface area contributed by atoms with Gasteiger partial charge < -0.3 is 5.32 Å². The predicted octanol–water partition coefficient (Wildman–Crippen LogP) is 3.37. The Morgan fingerprint density at radius 2 is 1.71 bits per heavy atom. The van der Waals surface area contributed by atoms with Crippen LogP contribution in [0.3, 0.4) is 0 Å². The number of rotatable bonds is 4. The third-order valence-electron chi connectivity index (χ3n) is 3.31. The Balaban J connectivity index is 2.18. The van der Waals surface area contributed by atoms with E-state index in [1.54, 1.807) is 42.5 Å². The Labute approximate surface area is 140 Å². The maximum absolute atomic E-state index is 12.3. The van der Waals surface area contributed by atoms with Crippen molar-refractivity contribution in [2.45, 2.75) is 13.8 Å². The van der Waals surface area contributed by atoms with E-state index in [0.717, 1.165) is 11.1 Å². The van der Waals surface area contributed by atoms with Gasteiger partial charge in [-0.25, -0.2) is 0 Å². The van der Waals surface area contributed by atoms with Crippen molar-refractivity contribution >= 4 is 23.0 Å². The van der Waals surface area contributed by atoms with Crippen molar-refractivity contribution in [1.29, 1.82) is 10.5 Å². The number of carbonyl (C=O) groups is 1. The van der Waals surface area contributed by atoms with Crippen molar-refractivity contribution in [2.75, 3.05) is 10.7 Å². The Kier molecular flexibility index (Phi) is 5.28. The van der Waals surface area contributed by atoms with Gasteiger partial charge in [0.1, 0.15) is 12.1 Å². The molecule has 0 heterocycles. The smallest absolute Gasteiger partial charge is 0.255 e. The molecule has 2 N–H and O–H groups in total. The summed E-state index contributed by atoms with van der Waals surface area (Å²) in [6, 6.07) is 15.8. The number of hydrogen-bond donors (Lipinski definition) is 2. The second-order valence-electron chi connectivity index (χ2n) is 5.15. The lowest BCUT2D eigenvalue weighted by Crippen LogP contribution is -2.13. The fourth-order valence-electron chi connectivity index (χ4n) is 1.92. The highest BCUT2D eigenvalue weighted by molar-refractivity contribution is 6.10. The maximum atomic E-state index is 12.3. The van der Waals surface area contributed by atoms with E-state index in [-0.39, 0.29) is 11.6 Å². The quantitative estimate of drug-likeness (QED) is 0.666. The van der Waals surface area contributed by atoms with Crippen molar-refractivity contribution < 1.29 is 4.79 Å². The van der Waals surface area contributed by atoms with Gasteiger partial charge in [-0.05, 0) is 43.7 Å². The molecule has 0 saturated carbocycles. The first-order chi connectivity index (χ1) is 11.5. The number of hydrogen-bond acceptors (Lipinski definition) is 5. The summed E-state index contributed by atoms with van der Waals surface area (Å²) in [5.74, 6) is -0.214. The van der Waals surface area contributed by atoms with Crippen LogP contribution in [0.2, 0.25) is 0 Å². The monoisotopic (exact) mass is 317 g/mol. The van der Waals surface area contributed by atoms with Crippen LogP contribution in [-0.2, 0) is 0 Å². The first-order valence-electron chi connectivity index (χ1n) is 7.16. The van der Waals surface area contributed by atoms with Crippen molar-refractivity contribution in [2.24, 2.45) is 5.10 Å². The fraction of sp³-hybridized carbons (Fsp3) is 0.111. The average molecular weight is 317 g/mol. The van der Waals surface area contributed by atoms with Crippen molar-refractivity contribution in [3.05, 3.63) is 59.2 Å². The van der Waals surface area contributed by atoms with Gasteiger partial charge >= 0.3 is 0 Å². The van der Waals surface area contributed by atoms with Gasteiger partial charge in [-0.3, -0.25) is 10.2 Å². The minimum Gasteiger partial charge on any atom is -0.322 e. The van der Waals surface area contributed by atoms with Gasteiger partial charge in [0.05, 0.1) is 5.69 Å². The van der Waals surface area contributed by atoms with E-state index in [2.05, 4.69) is 15.8 Å². The molecule has 0 fully saturated rings. The van der Waals surface area contributed by atoms with Crippen LogP contribution in [0.5, 0.6) is 0 Å². The van der Waals surface area contributed by atoms with Crippen LogP contribution < -0.4 is 10.7 Å². The number of nitrogens with zero attached hydrogens (tertiary/aromatic N) is 3. The number of benzene rings is 2. The molecular weight excluding hydrogens is 302 g/mol. The van der Waals surface area contributed by atoms with Gasteiger partial charge in [0.15, 0.2) is 0 Å². The number of aryl methyl sites for hydroxylation is 2. The Morgan fingerprint density at radius 3 is 2.33 bits per heavy atom. The van der Waals surface area contributed by atoms with E-state index >= 15 is 0 Å². The van der Waals surface area contributed by atoms with E-state index in [1.807, 2.05) is 26.0 Å². The number of nitriles is 2. The lowest BCUT2D eigenvalue weighted by atomic mass is 10.1. The summed E-state index contributed by atoms with van der Waals surface area (Å²) in [6.07, 6.45) is 0. The molecule has 0 bridgehead atoms. The van der Waals surface area contributed by atoms with Gasteiger partial charge in [-0.1, -0.05) is 23.8 Å². The topological polar surface area (TPSA) is 101 Å². The molecule has 6 nitrogen and oxygen atoms in total. The van der Waals surface area contributed by atoms with Crippen LogP contribution in [0.15, 0.2) is 47.6 Å². The Morgan fingerprint density at radius 1 is 1.04 bits per heavy atom. The maximum Gasteiger partial charge on any atom is 0.255 e. The molecule has 24 heavy (non-hydrogen) atoms. The van der Waals surface area contributed by atoms with Crippen molar-refractivity contribution in [3.8, 4) is 12.1 Å². The van der Waals surface area contributed by atoms with Crippen LogP contribution in [0.1, 0.15) is 21.5 Å². The van der Waals surface area contributed by atoms with E-state index < -0.39 is 0 Å². The minimum absolute atomic E-state index is 0.214. The average Bonchev–Trinajstić information content (AvgIpc) is 2.59. The zero-order valence-electron chi connectivity index (χ0n) is 13.3. The van der Waals surface area contributed by atoms with E-state index in [9.17, 15) is 4.79 Å². The molecule has 0 atom stereocenters. The van der Waals surface area contributed by atoms with Crippen LogP contribution >= 0.6 is 0 Å². The molecule has 0 unspecified atom stereocenters. The molecule has 6 heteroatoms. The molecule has 1 amide bonds. The zero-order chi connectivity index (χ0) is 17.5. The number of amides is 1. The van der Waals surface area contributed by atoms with Gasteiger partial charge in [-0.2, -0.15) is 15.6 Å². The van der Waals surface area contributed by atoms with Gasteiger partial charge in [0, 0.05) is 11.3 Å². The van der Waals surface area contributed by atoms with Crippen molar-refractivity contribution in [1.82, 2.24) is 0 Å². The van der Waals surface area contributed by atoms with Crippen molar-refractivity contribution in [3.63, 3.8) is 0 Å². The highest BCUT2D eigenvalue weighted by atomic mass is 16.1. The molecule has 2 aromatic rings. The summed E-state index contributed by atoms with van der Waals surface area (Å²) in [5, 5.41) is 23.9. The molecule has 0 aromatic heterocycles. The van der Waals surface area contributed by atoms with Gasteiger partial charge in [0.2, 0.25) is 5.71 Å². The van der Waals surface area contributed by atoms with Crippen LogP contribution in [0, 0.1) is 36.5 Å². The molecule has 0 radical (unpaired) electrons. The van der Waals surface area contributed by atoms with E-state index in [4.69, 9.17) is 10.5 Å². The predicted molar refractivity (Wildman–Crippen MR) is 92.6 cm³/mol. The van der Waals surface area contributed by atoms with Crippen LogP contribution in [0.25, 0.3) is 0 Å². The molecular formula is C18H15N5O.